The predicted molar refractivity (Wildman–Crippen MR) is 108 cm³/mol. The van der Waals surface area contributed by atoms with E-state index in [-0.39, 0.29) is 11.2 Å². The largest absolute Gasteiger partial charge is 0.494 e. The minimum absolute atomic E-state index is 0.0496. The van der Waals surface area contributed by atoms with Crippen molar-refractivity contribution in [1.82, 2.24) is 9.97 Å². The third-order valence-electron chi connectivity index (χ3n) is 3.98. The summed E-state index contributed by atoms with van der Waals surface area (Å²) >= 11 is 2.91. The standard InChI is InChI=1S/C19H21N3O2S2/c1-5-15(18(23)22-19-20-12(3)10-25-19)26-16-9-11(2)13-7-6-8-14(24-4)17(13)21-16/h6-10,15H,5H2,1-4H3,(H,20,22,23). The van der Waals surface area contributed by atoms with E-state index >= 15 is 0 Å². The second-order valence-corrected chi connectivity index (χ2v) is 8.01. The second-order valence-electron chi connectivity index (χ2n) is 5.93. The number of thioether (sulfide) groups is 1. The van der Waals surface area contributed by atoms with Crippen LogP contribution in [-0.2, 0) is 4.79 Å². The smallest absolute Gasteiger partial charge is 0.239 e. The van der Waals surface area contributed by atoms with E-state index in [9.17, 15) is 4.79 Å². The van der Waals surface area contributed by atoms with Crippen molar-refractivity contribution in [3.05, 3.63) is 40.9 Å². The minimum atomic E-state index is -0.238. The fraction of sp³-hybridized carbons (Fsp3) is 0.316. The lowest BCUT2D eigenvalue weighted by atomic mass is 10.1. The van der Waals surface area contributed by atoms with Crippen LogP contribution < -0.4 is 10.1 Å². The van der Waals surface area contributed by atoms with Gasteiger partial charge in [-0.15, -0.1) is 11.3 Å². The summed E-state index contributed by atoms with van der Waals surface area (Å²) in [4.78, 5) is 21.6. The van der Waals surface area contributed by atoms with E-state index in [2.05, 4.69) is 10.3 Å². The van der Waals surface area contributed by atoms with Crippen LogP contribution in [0, 0.1) is 13.8 Å². The molecule has 2 heterocycles. The van der Waals surface area contributed by atoms with Gasteiger partial charge in [0.2, 0.25) is 5.91 Å². The molecule has 1 amide bonds. The number of fused-ring (bicyclic) bond motifs is 1. The Morgan fingerprint density at radius 2 is 2.15 bits per heavy atom. The lowest BCUT2D eigenvalue weighted by Crippen LogP contribution is -2.24. The highest BCUT2D eigenvalue weighted by atomic mass is 32.2. The molecule has 0 aliphatic rings. The molecule has 5 nitrogen and oxygen atoms in total. The Labute approximate surface area is 161 Å². The molecule has 0 bridgehead atoms. The van der Waals surface area contributed by atoms with Gasteiger partial charge in [-0.3, -0.25) is 4.79 Å². The molecule has 0 saturated carbocycles. The van der Waals surface area contributed by atoms with Crippen LogP contribution in [0.5, 0.6) is 5.75 Å². The molecule has 3 rings (SSSR count). The molecule has 1 N–H and O–H groups in total. The van der Waals surface area contributed by atoms with Crippen molar-refractivity contribution in [2.45, 2.75) is 37.5 Å². The van der Waals surface area contributed by atoms with Crippen LogP contribution in [-0.4, -0.2) is 28.2 Å². The highest BCUT2D eigenvalue weighted by Crippen LogP contribution is 2.32. The van der Waals surface area contributed by atoms with Gasteiger partial charge >= 0.3 is 0 Å². The Hall–Kier alpha value is -2.12. The van der Waals surface area contributed by atoms with E-state index in [1.807, 2.05) is 50.4 Å². The van der Waals surface area contributed by atoms with Gasteiger partial charge in [-0.25, -0.2) is 9.97 Å². The molecule has 1 aromatic carbocycles. The zero-order valence-electron chi connectivity index (χ0n) is 15.2. The molecular formula is C19H21N3O2S2. The number of amides is 1. The average Bonchev–Trinajstić information content (AvgIpc) is 3.03. The molecule has 2 aromatic heterocycles. The molecular weight excluding hydrogens is 366 g/mol. The van der Waals surface area contributed by atoms with Crippen molar-refractivity contribution < 1.29 is 9.53 Å². The third kappa shape index (κ3) is 3.99. The summed E-state index contributed by atoms with van der Waals surface area (Å²) in [5.74, 6) is 0.690. The van der Waals surface area contributed by atoms with Gasteiger partial charge in [-0.2, -0.15) is 0 Å². The number of nitrogens with zero attached hydrogens (tertiary/aromatic N) is 2. The number of anilines is 1. The van der Waals surface area contributed by atoms with Crippen LogP contribution in [0.15, 0.2) is 34.7 Å². The Balaban J connectivity index is 1.84. The molecule has 0 aliphatic heterocycles. The highest BCUT2D eigenvalue weighted by molar-refractivity contribution is 8.00. The minimum Gasteiger partial charge on any atom is -0.494 e. The lowest BCUT2D eigenvalue weighted by Gasteiger charge is -2.15. The molecule has 3 aromatic rings. The maximum atomic E-state index is 12.6. The monoisotopic (exact) mass is 387 g/mol. The molecule has 7 heteroatoms. The first-order valence-electron chi connectivity index (χ1n) is 8.35. The Morgan fingerprint density at radius 1 is 1.35 bits per heavy atom. The predicted octanol–water partition coefficient (Wildman–Crippen LogP) is 4.83. The molecule has 0 radical (unpaired) electrons. The zero-order valence-corrected chi connectivity index (χ0v) is 16.8. The zero-order chi connectivity index (χ0) is 18.7. The van der Waals surface area contributed by atoms with Crippen molar-refractivity contribution in [2.75, 3.05) is 12.4 Å². The number of pyridine rings is 1. The van der Waals surface area contributed by atoms with Gasteiger partial charge in [-0.1, -0.05) is 30.8 Å². The normalized spacial score (nSPS) is 12.2. The van der Waals surface area contributed by atoms with Gasteiger partial charge in [0, 0.05) is 10.8 Å². The summed E-state index contributed by atoms with van der Waals surface area (Å²) in [5, 5.41) is 7.10. The van der Waals surface area contributed by atoms with Gasteiger partial charge in [0.05, 0.1) is 23.1 Å². The molecule has 0 aliphatic carbocycles. The van der Waals surface area contributed by atoms with E-state index < -0.39 is 0 Å². The van der Waals surface area contributed by atoms with Gasteiger partial charge in [0.25, 0.3) is 0 Å². The number of thiazole rings is 1. The summed E-state index contributed by atoms with van der Waals surface area (Å²) < 4.78 is 5.44. The van der Waals surface area contributed by atoms with E-state index in [0.29, 0.717) is 11.6 Å². The average molecular weight is 388 g/mol. The topological polar surface area (TPSA) is 64.1 Å². The fourth-order valence-electron chi connectivity index (χ4n) is 2.65. The molecule has 1 atom stereocenters. The van der Waals surface area contributed by atoms with E-state index in [4.69, 9.17) is 9.72 Å². The van der Waals surface area contributed by atoms with Crippen LogP contribution >= 0.6 is 23.1 Å². The van der Waals surface area contributed by atoms with Gasteiger partial charge in [-0.05, 0) is 38.0 Å². The highest BCUT2D eigenvalue weighted by Gasteiger charge is 2.20. The summed E-state index contributed by atoms with van der Waals surface area (Å²) in [6, 6.07) is 7.92. The quantitative estimate of drug-likeness (QED) is 0.614. The van der Waals surface area contributed by atoms with Crippen LogP contribution in [0.3, 0.4) is 0 Å². The van der Waals surface area contributed by atoms with Gasteiger partial charge in [0.1, 0.15) is 11.3 Å². The Morgan fingerprint density at radius 3 is 2.81 bits per heavy atom. The number of benzene rings is 1. The van der Waals surface area contributed by atoms with Gasteiger partial charge < -0.3 is 10.1 Å². The summed E-state index contributed by atoms with van der Waals surface area (Å²) in [6.45, 7) is 5.96. The molecule has 136 valence electrons. The molecule has 1 unspecified atom stereocenters. The number of aryl methyl sites for hydroxylation is 2. The first kappa shape index (κ1) is 18.7. The van der Waals surface area contributed by atoms with Crippen molar-refractivity contribution in [1.29, 1.82) is 0 Å². The first-order valence-corrected chi connectivity index (χ1v) is 10.1. The SMILES string of the molecule is CCC(Sc1cc(C)c2cccc(OC)c2n1)C(=O)Nc1nc(C)cs1. The van der Waals surface area contributed by atoms with Gasteiger partial charge in [0.15, 0.2) is 5.13 Å². The van der Waals surface area contributed by atoms with E-state index in [1.54, 1.807) is 7.11 Å². The number of nitrogens with one attached hydrogen (secondary N) is 1. The first-order chi connectivity index (χ1) is 12.5. The van der Waals surface area contributed by atoms with Crippen LogP contribution in [0.4, 0.5) is 5.13 Å². The number of para-hydroxylation sites is 1. The fourth-order valence-corrected chi connectivity index (χ4v) is 4.36. The number of ether oxygens (including phenoxy) is 1. The van der Waals surface area contributed by atoms with Crippen LogP contribution in [0.1, 0.15) is 24.6 Å². The van der Waals surface area contributed by atoms with Crippen LogP contribution in [0.2, 0.25) is 0 Å². The van der Waals surface area contributed by atoms with Crippen LogP contribution in [0.25, 0.3) is 10.9 Å². The summed E-state index contributed by atoms with van der Waals surface area (Å²) in [7, 11) is 1.64. The number of aromatic nitrogens is 2. The lowest BCUT2D eigenvalue weighted by molar-refractivity contribution is -0.115. The molecule has 26 heavy (non-hydrogen) atoms. The third-order valence-corrected chi connectivity index (χ3v) is 6.14. The van der Waals surface area contributed by atoms with Crippen molar-refractivity contribution in [2.24, 2.45) is 0 Å². The molecule has 0 saturated heterocycles. The number of carbonyl (C=O) groups excluding carboxylic acids is 1. The van der Waals surface area contributed by atoms with E-state index in [1.165, 1.54) is 23.1 Å². The maximum absolute atomic E-state index is 12.6. The number of hydrogen-bond donors (Lipinski definition) is 1. The molecule has 0 spiro atoms. The number of rotatable bonds is 6. The van der Waals surface area contributed by atoms with E-state index in [0.717, 1.165) is 32.9 Å². The Kier molecular flexibility index (Phi) is 5.78. The number of carbonyl (C=O) groups is 1. The summed E-state index contributed by atoms with van der Waals surface area (Å²) in [6.07, 6.45) is 0.700. The second kappa shape index (κ2) is 8.05. The van der Waals surface area contributed by atoms with Crippen molar-refractivity contribution >= 4 is 45.0 Å². The summed E-state index contributed by atoms with van der Waals surface area (Å²) in [5.41, 5.74) is 2.84. The molecule has 0 fully saturated rings. The number of methoxy groups -OCH3 is 1. The Bertz CT molecular complexity index is 940. The maximum Gasteiger partial charge on any atom is 0.239 e. The van der Waals surface area contributed by atoms with Crippen molar-refractivity contribution in [3.63, 3.8) is 0 Å². The number of hydrogen-bond acceptors (Lipinski definition) is 6. The van der Waals surface area contributed by atoms with Crippen molar-refractivity contribution in [3.8, 4) is 5.75 Å².